The molecule has 0 aromatic heterocycles. The molecule has 0 aliphatic carbocycles. The standard InChI is InChI=1S/C17H27N3O/c1-14-6-9-20(10-7-14)11-8-19-17(21)12-15-2-4-16(13-18)5-3-15/h2-5,14H,6-13,18H2,1H3,(H,19,21). The molecule has 1 aromatic carbocycles. The number of nitrogens with zero attached hydrogens (tertiary/aromatic N) is 1. The maximum Gasteiger partial charge on any atom is 0.224 e. The van der Waals surface area contributed by atoms with E-state index in [0.717, 1.165) is 43.2 Å². The third-order valence-electron chi connectivity index (χ3n) is 4.25. The molecule has 2 rings (SSSR count). The molecule has 3 N–H and O–H groups in total. The Morgan fingerprint density at radius 1 is 1.24 bits per heavy atom. The zero-order valence-electron chi connectivity index (χ0n) is 13.0. The van der Waals surface area contributed by atoms with Gasteiger partial charge in [-0.05, 0) is 43.0 Å². The molecule has 0 radical (unpaired) electrons. The number of amides is 1. The third kappa shape index (κ3) is 5.48. The van der Waals surface area contributed by atoms with Gasteiger partial charge < -0.3 is 16.0 Å². The molecule has 0 spiro atoms. The van der Waals surface area contributed by atoms with E-state index in [9.17, 15) is 4.79 Å². The molecule has 1 saturated heterocycles. The molecule has 0 unspecified atom stereocenters. The lowest BCUT2D eigenvalue weighted by Crippen LogP contribution is -2.39. The van der Waals surface area contributed by atoms with Crippen LogP contribution < -0.4 is 11.1 Å². The van der Waals surface area contributed by atoms with E-state index >= 15 is 0 Å². The Bertz CT molecular complexity index is 436. The van der Waals surface area contributed by atoms with Gasteiger partial charge in [-0.1, -0.05) is 31.2 Å². The lowest BCUT2D eigenvalue weighted by Gasteiger charge is -2.30. The van der Waals surface area contributed by atoms with Crippen molar-refractivity contribution in [1.29, 1.82) is 0 Å². The van der Waals surface area contributed by atoms with Gasteiger partial charge in [-0.25, -0.2) is 0 Å². The summed E-state index contributed by atoms with van der Waals surface area (Å²) in [5.74, 6) is 0.952. The monoisotopic (exact) mass is 289 g/mol. The zero-order chi connectivity index (χ0) is 15.1. The normalized spacial score (nSPS) is 16.9. The highest BCUT2D eigenvalue weighted by atomic mass is 16.1. The number of nitrogens with two attached hydrogens (primary N) is 1. The van der Waals surface area contributed by atoms with Gasteiger partial charge in [0.15, 0.2) is 0 Å². The van der Waals surface area contributed by atoms with Crippen molar-refractivity contribution in [3.8, 4) is 0 Å². The Morgan fingerprint density at radius 3 is 2.48 bits per heavy atom. The van der Waals surface area contributed by atoms with E-state index in [2.05, 4.69) is 17.1 Å². The van der Waals surface area contributed by atoms with Crippen LogP contribution in [0.3, 0.4) is 0 Å². The van der Waals surface area contributed by atoms with E-state index in [0.29, 0.717) is 13.0 Å². The highest BCUT2D eigenvalue weighted by Crippen LogP contribution is 2.15. The van der Waals surface area contributed by atoms with Crippen LogP contribution >= 0.6 is 0 Å². The molecular weight excluding hydrogens is 262 g/mol. The van der Waals surface area contributed by atoms with Crippen molar-refractivity contribution in [2.24, 2.45) is 11.7 Å². The molecule has 1 aliphatic rings. The number of piperidine rings is 1. The van der Waals surface area contributed by atoms with Crippen LogP contribution in [0.5, 0.6) is 0 Å². The van der Waals surface area contributed by atoms with Gasteiger partial charge in [-0.3, -0.25) is 4.79 Å². The first kappa shape index (κ1) is 16.0. The maximum atomic E-state index is 11.9. The molecule has 1 aromatic rings. The van der Waals surface area contributed by atoms with E-state index in [-0.39, 0.29) is 5.91 Å². The molecular formula is C17H27N3O. The average Bonchev–Trinajstić information content (AvgIpc) is 2.50. The van der Waals surface area contributed by atoms with Crippen molar-refractivity contribution in [3.63, 3.8) is 0 Å². The highest BCUT2D eigenvalue weighted by Gasteiger charge is 2.15. The topological polar surface area (TPSA) is 58.4 Å². The van der Waals surface area contributed by atoms with Crippen molar-refractivity contribution in [1.82, 2.24) is 10.2 Å². The van der Waals surface area contributed by atoms with E-state index < -0.39 is 0 Å². The summed E-state index contributed by atoms with van der Waals surface area (Å²) in [6.07, 6.45) is 3.00. The fraction of sp³-hybridized carbons (Fsp3) is 0.588. The lowest BCUT2D eigenvalue weighted by molar-refractivity contribution is -0.120. The maximum absolute atomic E-state index is 11.9. The Balaban J connectivity index is 1.65. The summed E-state index contributed by atoms with van der Waals surface area (Å²) in [6, 6.07) is 7.93. The van der Waals surface area contributed by atoms with Crippen LogP contribution in [0.25, 0.3) is 0 Å². The van der Waals surface area contributed by atoms with Crippen molar-refractivity contribution in [3.05, 3.63) is 35.4 Å². The van der Waals surface area contributed by atoms with Crippen molar-refractivity contribution >= 4 is 5.91 Å². The second-order valence-corrected chi connectivity index (χ2v) is 6.07. The Morgan fingerprint density at radius 2 is 1.86 bits per heavy atom. The number of hydrogen-bond acceptors (Lipinski definition) is 3. The van der Waals surface area contributed by atoms with E-state index in [1.54, 1.807) is 0 Å². The molecule has 1 aliphatic heterocycles. The van der Waals surface area contributed by atoms with Gasteiger partial charge in [0.25, 0.3) is 0 Å². The fourth-order valence-corrected chi connectivity index (χ4v) is 2.68. The van der Waals surface area contributed by atoms with Crippen LogP contribution in [0.4, 0.5) is 0 Å². The second kappa shape index (κ2) is 8.15. The Kier molecular flexibility index (Phi) is 6.21. The summed E-state index contributed by atoms with van der Waals surface area (Å²) in [5, 5.41) is 3.01. The van der Waals surface area contributed by atoms with Crippen LogP contribution in [-0.4, -0.2) is 37.0 Å². The third-order valence-corrected chi connectivity index (χ3v) is 4.25. The van der Waals surface area contributed by atoms with Crippen molar-refractivity contribution < 1.29 is 4.79 Å². The number of carbonyl (C=O) groups excluding carboxylic acids is 1. The van der Waals surface area contributed by atoms with E-state index in [1.165, 1.54) is 12.8 Å². The summed E-state index contributed by atoms with van der Waals surface area (Å²) in [4.78, 5) is 14.3. The summed E-state index contributed by atoms with van der Waals surface area (Å²) in [5.41, 5.74) is 7.70. The molecule has 1 fully saturated rings. The number of nitrogens with one attached hydrogen (secondary N) is 1. The molecule has 0 bridgehead atoms. The van der Waals surface area contributed by atoms with Crippen LogP contribution in [0.15, 0.2) is 24.3 Å². The number of hydrogen-bond donors (Lipinski definition) is 2. The van der Waals surface area contributed by atoms with Crippen molar-refractivity contribution in [2.75, 3.05) is 26.2 Å². The first-order valence-electron chi connectivity index (χ1n) is 7.94. The first-order valence-corrected chi connectivity index (χ1v) is 7.94. The van der Waals surface area contributed by atoms with Gasteiger partial charge in [0, 0.05) is 19.6 Å². The summed E-state index contributed by atoms with van der Waals surface area (Å²) < 4.78 is 0. The van der Waals surface area contributed by atoms with Crippen molar-refractivity contribution in [2.45, 2.75) is 32.7 Å². The highest BCUT2D eigenvalue weighted by molar-refractivity contribution is 5.78. The predicted molar refractivity (Wildman–Crippen MR) is 85.9 cm³/mol. The second-order valence-electron chi connectivity index (χ2n) is 6.07. The number of rotatable bonds is 6. The van der Waals surface area contributed by atoms with Crippen LogP contribution in [0.2, 0.25) is 0 Å². The number of likely N-dealkylation sites (tertiary alicyclic amines) is 1. The summed E-state index contributed by atoms with van der Waals surface area (Å²) in [6.45, 7) is 6.89. The summed E-state index contributed by atoms with van der Waals surface area (Å²) >= 11 is 0. The van der Waals surface area contributed by atoms with Gasteiger partial charge in [-0.15, -0.1) is 0 Å². The van der Waals surface area contributed by atoms with Crippen LogP contribution in [0.1, 0.15) is 30.9 Å². The molecule has 1 heterocycles. The molecule has 0 saturated carbocycles. The quantitative estimate of drug-likeness (QED) is 0.835. The van der Waals surface area contributed by atoms with E-state index in [4.69, 9.17) is 5.73 Å². The molecule has 116 valence electrons. The van der Waals surface area contributed by atoms with Crippen LogP contribution in [-0.2, 0) is 17.8 Å². The van der Waals surface area contributed by atoms with Gasteiger partial charge in [-0.2, -0.15) is 0 Å². The minimum Gasteiger partial charge on any atom is -0.355 e. The molecule has 4 nitrogen and oxygen atoms in total. The van der Waals surface area contributed by atoms with Gasteiger partial charge in [0.1, 0.15) is 0 Å². The largest absolute Gasteiger partial charge is 0.355 e. The summed E-state index contributed by atoms with van der Waals surface area (Å²) in [7, 11) is 0. The first-order chi connectivity index (χ1) is 10.2. The van der Waals surface area contributed by atoms with Gasteiger partial charge in [0.2, 0.25) is 5.91 Å². The zero-order valence-corrected chi connectivity index (χ0v) is 13.0. The Labute approximate surface area is 127 Å². The lowest BCUT2D eigenvalue weighted by atomic mass is 9.99. The van der Waals surface area contributed by atoms with Gasteiger partial charge in [0.05, 0.1) is 6.42 Å². The molecule has 1 amide bonds. The fourth-order valence-electron chi connectivity index (χ4n) is 2.68. The van der Waals surface area contributed by atoms with Crippen LogP contribution in [0, 0.1) is 5.92 Å². The SMILES string of the molecule is CC1CCN(CCNC(=O)Cc2ccc(CN)cc2)CC1. The molecule has 0 atom stereocenters. The molecule has 21 heavy (non-hydrogen) atoms. The van der Waals surface area contributed by atoms with E-state index in [1.807, 2.05) is 24.3 Å². The molecule has 4 heteroatoms. The smallest absolute Gasteiger partial charge is 0.224 e. The number of benzene rings is 1. The Hall–Kier alpha value is -1.39. The average molecular weight is 289 g/mol. The minimum atomic E-state index is 0.0980. The predicted octanol–water partition coefficient (Wildman–Crippen LogP) is 1.54. The van der Waals surface area contributed by atoms with Gasteiger partial charge >= 0.3 is 0 Å². The number of carbonyl (C=O) groups is 1. The minimum absolute atomic E-state index is 0.0980.